The molecule has 0 spiro atoms. The van der Waals surface area contributed by atoms with Crippen LogP contribution >= 0.6 is 0 Å². The van der Waals surface area contributed by atoms with E-state index in [1.165, 1.54) is 38.0 Å². The van der Waals surface area contributed by atoms with Crippen molar-refractivity contribution in [1.82, 2.24) is 19.8 Å². The van der Waals surface area contributed by atoms with Gasteiger partial charge in [-0.1, -0.05) is 0 Å². The van der Waals surface area contributed by atoms with Crippen LogP contribution in [0.5, 0.6) is 0 Å². The lowest BCUT2D eigenvalue weighted by Crippen LogP contribution is -2.31. The maximum absolute atomic E-state index is 4.24. The fourth-order valence-corrected chi connectivity index (χ4v) is 2.81. The molecule has 0 radical (unpaired) electrons. The molecule has 1 aliphatic rings. The van der Waals surface area contributed by atoms with Gasteiger partial charge in [-0.05, 0) is 65.7 Å². The number of rotatable bonds is 6. The Morgan fingerprint density at radius 3 is 2.79 bits per heavy atom. The van der Waals surface area contributed by atoms with Gasteiger partial charge in [-0.2, -0.15) is 0 Å². The first kappa shape index (κ1) is 14.5. The Balaban J connectivity index is 1.65. The van der Waals surface area contributed by atoms with Crippen molar-refractivity contribution in [3.8, 4) is 0 Å². The molecule has 0 atom stereocenters. The standard InChI is InChI=1S/C15H28N4/c1-13(2)19-12-17-11-15(19)10-16-7-4-14-5-8-18(3)9-6-14/h11-14,16H,4-10H2,1-3H3. The third-order valence-electron chi connectivity index (χ3n) is 4.18. The first-order valence-corrected chi connectivity index (χ1v) is 7.56. The first-order valence-electron chi connectivity index (χ1n) is 7.56. The van der Waals surface area contributed by atoms with Gasteiger partial charge in [0.15, 0.2) is 0 Å². The second-order valence-corrected chi connectivity index (χ2v) is 6.10. The Hall–Kier alpha value is -0.870. The van der Waals surface area contributed by atoms with E-state index < -0.39 is 0 Å². The number of hydrogen-bond acceptors (Lipinski definition) is 3. The minimum absolute atomic E-state index is 0.494. The molecule has 0 aromatic carbocycles. The van der Waals surface area contributed by atoms with Crippen LogP contribution in [0.1, 0.15) is 44.8 Å². The average Bonchev–Trinajstić information content (AvgIpc) is 2.85. The third kappa shape index (κ3) is 4.32. The van der Waals surface area contributed by atoms with Crippen LogP contribution < -0.4 is 5.32 Å². The second kappa shape index (κ2) is 7.06. The van der Waals surface area contributed by atoms with Crippen molar-refractivity contribution >= 4 is 0 Å². The zero-order valence-electron chi connectivity index (χ0n) is 12.6. The smallest absolute Gasteiger partial charge is 0.0951 e. The normalized spacial score (nSPS) is 18.3. The molecule has 19 heavy (non-hydrogen) atoms. The predicted octanol–water partition coefficient (Wildman–Crippen LogP) is 2.29. The van der Waals surface area contributed by atoms with Gasteiger partial charge < -0.3 is 14.8 Å². The molecule has 1 aromatic heterocycles. The van der Waals surface area contributed by atoms with Crippen LogP contribution in [0.25, 0.3) is 0 Å². The fourth-order valence-electron chi connectivity index (χ4n) is 2.81. The first-order chi connectivity index (χ1) is 9.16. The van der Waals surface area contributed by atoms with E-state index in [0.29, 0.717) is 6.04 Å². The zero-order chi connectivity index (χ0) is 13.7. The number of nitrogens with one attached hydrogen (secondary N) is 1. The van der Waals surface area contributed by atoms with Crippen molar-refractivity contribution in [2.45, 2.75) is 45.7 Å². The molecular formula is C15H28N4. The highest BCUT2D eigenvalue weighted by atomic mass is 15.1. The van der Waals surface area contributed by atoms with E-state index in [1.54, 1.807) is 0 Å². The van der Waals surface area contributed by atoms with Gasteiger partial charge in [0.1, 0.15) is 0 Å². The zero-order valence-corrected chi connectivity index (χ0v) is 12.6. The van der Waals surface area contributed by atoms with Gasteiger partial charge in [-0.25, -0.2) is 4.98 Å². The van der Waals surface area contributed by atoms with Crippen LogP contribution in [0.3, 0.4) is 0 Å². The molecule has 108 valence electrons. The van der Waals surface area contributed by atoms with E-state index in [2.05, 4.69) is 40.7 Å². The maximum Gasteiger partial charge on any atom is 0.0951 e. The Kier molecular flexibility index (Phi) is 5.40. The lowest BCUT2D eigenvalue weighted by molar-refractivity contribution is 0.211. The van der Waals surface area contributed by atoms with E-state index in [0.717, 1.165) is 19.0 Å². The number of aromatic nitrogens is 2. The van der Waals surface area contributed by atoms with Gasteiger partial charge in [0.25, 0.3) is 0 Å². The number of hydrogen-bond donors (Lipinski definition) is 1. The van der Waals surface area contributed by atoms with Crippen molar-refractivity contribution in [3.63, 3.8) is 0 Å². The van der Waals surface area contributed by atoms with E-state index in [1.807, 2.05) is 12.5 Å². The summed E-state index contributed by atoms with van der Waals surface area (Å²) in [7, 11) is 2.22. The summed E-state index contributed by atoms with van der Waals surface area (Å²) < 4.78 is 2.24. The molecule has 4 nitrogen and oxygen atoms in total. The van der Waals surface area contributed by atoms with E-state index >= 15 is 0 Å². The van der Waals surface area contributed by atoms with Crippen LogP contribution in [-0.4, -0.2) is 41.1 Å². The highest BCUT2D eigenvalue weighted by Crippen LogP contribution is 2.18. The molecule has 1 saturated heterocycles. The molecule has 1 fully saturated rings. The lowest BCUT2D eigenvalue weighted by atomic mass is 9.94. The lowest BCUT2D eigenvalue weighted by Gasteiger charge is -2.28. The van der Waals surface area contributed by atoms with Crippen molar-refractivity contribution in [3.05, 3.63) is 18.2 Å². The van der Waals surface area contributed by atoms with Crippen molar-refractivity contribution in [2.75, 3.05) is 26.7 Å². The summed E-state index contributed by atoms with van der Waals surface area (Å²) in [6.45, 7) is 8.99. The van der Waals surface area contributed by atoms with Crippen LogP contribution in [-0.2, 0) is 6.54 Å². The largest absolute Gasteiger partial charge is 0.331 e. The molecule has 0 unspecified atom stereocenters. The number of nitrogens with zero attached hydrogens (tertiary/aromatic N) is 3. The Bertz CT molecular complexity index is 364. The van der Waals surface area contributed by atoms with Gasteiger partial charge in [0.05, 0.1) is 12.0 Å². The number of imidazole rings is 1. The molecule has 0 aliphatic carbocycles. The van der Waals surface area contributed by atoms with Gasteiger partial charge >= 0.3 is 0 Å². The molecular weight excluding hydrogens is 236 g/mol. The predicted molar refractivity (Wildman–Crippen MR) is 79.2 cm³/mol. The molecule has 2 heterocycles. The summed E-state index contributed by atoms with van der Waals surface area (Å²) in [5, 5.41) is 3.57. The molecule has 2 rings (SSSR count). The van der Waals surface area contributed by atoms with Crippen LogP contribution in [0.15, 0.2) is 12.5 Å². The van der Waals surface area contributed by atoms with E-state index in [-0.39, 0.29) is 0 Å². The van der Waals surface area contributed by atoms with Crippen molar-refractivity contribution in [2.24, 2.45) is 5.92 Å². The van der Waals surface area contributed by atoms with Crippen LogP contribution in [0.2, 0.25) is 0 Å². The monoisotopic (exact) mass is 264 g/mol. The summed E-state index contributed by atoms with van der Waals surface area (Å²) >= 11 is 0. The topological polar surface area (TPSA) is 33.1 Å². The van der Waals surface area contributed by atoms with Crippen LogP contribution in [0, 0.1) is 5.92 Å². The minimum Gasteiger partial charge on any atom is -0.331 e. The van der Waals surface area contributed by atoms with E-state index in [4.69, 9.17) is 0 Å². The second-order valence-electron chi connectivity index (χ2n) is 6.10. The number of piperidine rings is 1. The van der Waals surface area contributed by atoms with E-state index in [9.17, 15) is 0 Å². The van der Waals surface area contributed by atoms with Gasteiger partial charge in [0, 0.05) is 18.8 Å². The van der Waals surface area contributed by atoms with Gasteiger partial charge in [0.2, 0.25) is 0 Å². The molecule has 0 amide bonds. The highest BCUT2D eigenvalue weighted by molar-refractivity contribution is 4.99. The summed E-state index contributed by atoms with van der Waals surface area (Å²) in [5.74, 6) is 0.915. The fraction of sp³-hybridized carbons (Fsp3) is 0.800. The summed E-state index contributed by atoms with van der Waals surface area (Å²) in [4.78, 5) is 6.67. The summed E-state index contributed by atoms with van der Waals surface area (Å²) in [6.07, 6.45) is 7.94. The quantitative estimate of drug-likeness (QED) is 0.800. The maximum atomic E-state index is 4.24. The van der Waals surface area contributed by atoms with Crippen molar-refractivity contribution in [1.29, 1.82) is 0 Å². The molecule has 0 bridgehead atoms. The minimum atomic E-state index is 0.494. The number of likely N-dealkylation sites (tertiary alicyclic amines) is 1. The summed E-state index contributed by atoms with van der Waals surface area (Å²) in [6, 6.07) is 0.494. The molecule has 1 aliphatic heterocycles. The summed E-state index contributed by atoms with van der Waals surface area (Å²) in [5.41, 5.74) is 1.29. The Morgan fingerprint density at radius 1 is 1.37 bits per heavy atom. The Morgan fingerprint density at radius 2 is 2.11 bits per heavy atom. The van der Waals surface area contributed by atoms with Gasteiger partial charge in [-0.15, -0.1) is 0 Å². The molecule has 4 heteroatoms. The highest BCUT2D eigenvalue weighted by Gasteiger charge is 2.15. The van der Waals surface area contributed by atoms with Gasteiger partial charge in [-0.3, -0.25) is 0 Å². The van der Waals surface area contributed by atoms with Crippen LogP contribution in [0.4, 0.5) is 0 Å². The molecule has 1 N–H and O–H groups in total. The Labute approximate surface area is 117 Å². The SMILES string of the molecule is CC(C)n1cncc1CNCCC1CCN(C)CC1. The average molecular weight is 264 g/mol. The van der Waals surface area contributed by atoms with Crippen molar-refractivity contribution < 1.29 is 0 Å². The molecule has 0 saturated carbocycles. The molecule has 1 aromatic rings. The third-order valence-corrected chi connectivity index (χ3v) is 4.18.